The highest BCUT2D eigenvalue weighted by molar-refractivity contribution is 6.31. The number of amides is 1. The van der Waals surface area contributed by atoms with Crippen LogP contribution in [0.2, 0.25) is 5.02 Å². The minimum atomic E-state index is -0.150. The average molecular weight is 340 g/mol. The standard InChI is InChI=1S/C19H18ClN3O/c1-12-6-5-8-15(10-12)18-13(2)22-23-19(18)21-17(24)11-14-7-3-4-9-16(14)20/h3-10H,11H2,1-2H3,(H2,21,22,23,24). The molecule has 0 radical (unpaired) electrons. The molecule has 0 atom stereocenters. The van der Waals surface area contributed by atoms with Gasteiger partial charge in [0.2, 0.25) is 5.91 Å². The molecule has 4 nitrogen and oxygen atoms in total. The second-order valence-corrected chi connectivity index (χ2v) is 6.17. The minimum absolute atomic E-state index is 0.150. The SMILES string of the molecule is Cc1cccc(-c2c(NC(=O)Cc3ccccc3Cl)n[nH]c2C)c1. The molecule has 0 aliphatic carbocycles. The van der Waals surface area contributed by atoms with Crippen LogP contribution in [0.4, 0.5) is 5.82 Å². The van der Waals surface area contributed by atoms with E-state index in [1.165, 1.54) is 0 Å². The first kappa shape index (κ1) is 16.3. The third kappa shape index (κ3) is 3.49. The zero-order valence-electron chi connectivity index (χ0n) is 13.6. The van der Waals surface area contributed by atoms with E-state index in [0.717, 1.165) is 27.9 Å². The first-order chi connectivity index (χ1) is 11.5. The van der Waals surface area contributed by atoms with Gasteiger partial charge in [0, 0.05) is 16.3 Å². The van der Waals surface area contributed by atoms with Crippen molar-refractivity contribution < 1.29 is 4.79 Å². The Labute approximate surface area is 145 Å². The summed E-state index contributed by atoms with van der Waals surface area (Å²) in [6, 6.07) is 15.4. The van der Waals surface area contributed by atoms with Crippen molar-refractivity contribution in [1.82, 2.24) is 10.2 Å². The lowest BCUT2D eigenvalue weighted by molar-refractivity contribution is -0.115. The van der Waals surface area contributed by atoms with E-state index in [4.69, 9.17) is 11.6 Å². The Kier molecular flexibility index (Phi) is 4.67. The summed E-state index contributed by atoms with van der Waals surface area (Å²) < 4.78 is 0. The topological polar surface area (TPSA) is 57.8 Å². The molecule has 0 unspecified atom stereocenters. The minimum Gasteiger partial charge on any atom is -0.308 e. The van der Waals surface area contributed by atoms with Crippen LogP contribution >= 0.6 is 11.6 Å². The molecule has 1 amide bonds. The molecule has 0 aliphatic heterocycles. The molecule has 0 spiro atoms. The molecule has 3 aromatic rings. The number of carbonyl (C=O) groups is 1. The van der Waals surface area contributed by atoms with E-state index in [0.29, 0.717) is 10.8 Å². The summed E-state index contributed by atoms with van der Waals surface area (Å²) in [6.45, 7) is 3.98. The number of carbonyl (C=O) groups excluding carboxylic acids is 1. The summed E-state index contributed by atoms with van der Waals surface area (Å²) in [5.41, 5.74) is 4.79. The van der Waals surface area contributed by atoms with E-state index in [9.17, 15) is 4.79 Å². The summed E-state index contributed by atoms with van der Waals surface area (Å²) in [7, 11) is 0. The van der Waals surface area contributed by atoms with E-state index in [1.54, 1.807) is 6.07 Å². The number of hydrogen-bond acceptors (Lipinski definition) is 2. The number of aromatic nitrogens is 2. The molecule has 0 bridgehead atoms. The zero-order valence-corrected chi connectivity index (χ0v) is 14.3. The summed E-state index contributed by atoms with van der Waals surface area (Å²) in [4.78, 5) is 12.4. The number of rotatable bonds is 4. The first-order valence-electron chi connectivity index (χ1n) is 7.70. The van der Waals surface area contributed by atoms with Crippen LogP contribution in [0.5, 0.6) is 0 Å². The third-order valence-corrected chi connectivity index (χ3v) is 4.19. The van der Waals surface area contributed by atoms with Gasteiger partial charge in [0.25, 0.3) is 0 Å². The summed E-state index contributed by atoms with van der Waals surface area (Å²) in [5, 5.41) is 10.7. The number of nitrogens with zero attached hydrogens (tertiary/aromatic N) is 1. The molecule has 1 aromatic heterocycles. The quantitative estimate of drug-likeness (QED) is 0.733. The van der Waals surface area contributed by atoms with E-state index >= 15 is 0 Å². The maximum atomic E-state index is 12.4. The van der Waals surface area contributed by atoms with Gasteiger partial charge in [0.15, 0.2) is 5.82 Å². The molecule has 3 rings (SSSR count). The molecule has 5 heteroatoms. The predicted molar refractivity (Wildman–Crippen MR) is 97.3 cm³/mol. The number of aryl methyl sites for hydroxylation is 2. The summed E-state index contributed by atoms with van der Waals surface area (Å²) >= 11 is 6.12. The van der Waals surface area contributed by atoms with Crippen LogP contribution in [-0.2, 0) is 11.2 Å². The maximum absolute atomic E-state index is 12.4. The van der Waals surface area contributed by atoms with E-state index in [2.05, 4.69) is 21.6 Å². The van der Waals surface area contributed by atoms with Crippen molar-refractivity contribution >= 4 is 23.3 Å². The Hall–Kier alpha value is -2.59. The Morgan fingerprint density at radius 1 is 1.17 bits per heavy atom. The van der Waals surface area contributed by atoms with Gasteiger partial charge in [0.1, 0.15) is 0 Å². The molecule has 0 fully saturated rings. The van der Waals surface area contributed by atoms with Gasteiger partial charge in [0.05, 0.1) is 6.42 Å². The lowest BCUT2D eigenvalue weighted by Crippen LogP contribution is -2.15. The number of H-pyrrole nitrogens is 1. The van der Waals surface area contributed by atoms with Gasteiger partial charge in [-0.15, -0.1) is 0 Å². The number of anilines is 1. The second kappa shape index (κ2) is 6.89. The van der Waals surface area contributed by atoms with Crippen molar-refractivity contribution in [2.75, 3.05) is 5.32 Å². The lowest BCUT2D eigenvalue weighted by atomic mass is 10.0. The Balaban J connectivity index is 1.84. The number of aromatic amines is 1. The molecule has 1 heterocycles. The first-order valence-corrected chi connectivity index (χ1v) is 8.07. The monoisotopic (exact) mass is 339 g/mol. The molecular formula is C19H18ClN3O. The third-order valence-electron chi connectivity index (χ3n) is 3.82. The van der Waals surface area contributed by atoms with Gasteiger partial charge in [-0.05, 0) is 31.0 Å². The highest BCUT2D eigenvalue weighted by Crippen LogP contribution is 2.30. The van der Waals surface area contributed by atoms with E-state index < -0.39 is 0 Å². The van der Waals surface area contributed by atoms with Crippen LogP contribution in [0, 0.1) is 13.8 Å². The fourth-order valence-electron chi connectivity index (χ4n) is 2.66. The van der Waals surface area contributed by atoms with Gasteiger partial charge in [-0.1, -0.05) is 59.6 Å². The summed E-state index contributed by atoms with van der Waals surface area (Å²) in [6.07, 6.45) is 0.207. The fraction of sp³-hybridized carbons (Fsp3) is 0.158. The lowest BCUT2D eigenvalue weighted by Gasteiger charge is -2.08. The molecule has 24 heavy (non-hydrogen) atoms. The van der Waals surface area contributed by atoms with Gasteiger partial charge >= 0.3 is 0 Å². The maximum Gasteiger partial charge on any atom is 0.230 e. The van der Waals surface area contributed by atoms with Crippen molar-refractivity contribution in [3.63, 3.8) is 0 Å². The molecule has 2 N–H and O–H groups in total. The molecule has 122 valence electrons. The fourth-order valence-corrected chi connectivity index (χ4v) is 2.87. The molecule has 2 aromatic carbocycles. The number of nitrogens with one attached hydrogen (secondary N) is 2. The highest BCUT2D eigenvalue weighted by Gasteiger charge is 2.16. The zero-order chi connectivity index (χ0) is 17.1. The molecule has 0 saturated carbocycles. The second-order valence-electron chi connectivity index (χ2n) is 5.76. The molecular weight excluding hydrogens is 322 g/mol. The molecule has 0 saturated heterocycles. The number of benzene rings is 2. The van der Waals surface area contributed by atoms with Crippen LogP contribution in [0.3, 0.4) is 0 Å². The smallest absolute Gasteiger partial charge is 0.230 e. The van der Waals surface area contributed by atoms with Gasteiger partial charge in [-0.2, -0.15) is 5.10 Å². The Morgan fingerprint density at radius 2 is 1.96 bits per heavy atom. The van der Waals surface area contributed by atoms with E-state index in [-0.39, 0.29) is 12.3 Å². The van der Waals surface area contributed by atoms with Crippen LogP contribution in [0.25, 0.3) is 11.1 Å². The van der Waals surface area contributed by atoms with Crippen molar-refractivity contribution in [3.8, 4) is 11.1 Å². The average Bonchev–Trinajstić information content (AvgIpc) is 2.90. The summed E-state index contributed by atoms with van der Waals surface area (Å²) in [5.74, 6) is 0.388. The number of halogens is 1. The van der Waals surface area contributed by atoms with Gasteiger partial charge in [-0.3, -0.25) is 9.89 Å². The highest BCUT2D eigenvalue weighted by atomic mass is 35.5. The van der Waals surface area contributed by atoms with Crippen LogP contribution in [0.1, 0.15) is 16.8 Å². The van der Waals surface area contributed by atoms with Crippen molar-refractivity contribution in [3.05, 3.63) is 70.4 Å². The van der Waals surface area contributed by atoms with Gasteiger partial charge < -0.3 is 5.32 Å². The van der Waals surface area contributed by atoms with Crippen molar-refractivity contribution in [2.24, 2.45) is 0 Å². The Bertz CT molecular complexity index is 886. The van der Waals surface area contributed by atoms with Crippen LogP contribution in [-0.4, -0.2) is 16.1 Å². The van der Waals surface area contributed by atoms with Crippen molar-refractivity contribution in [2.45, 2.75) is 20.3 Å². The largest absolute Gasteiger partial charge is 0.308 e. The number of hydrogen-bond donors (Lipinski definition) is 2. The predicted octanol–water partition coefficient (Wildman–Crippen LogP) is 4.53. The molecule has 0 aliphatic rings. The van der Waals surface area contributed by atoms with Gasteiger partial charge in [-0.25, -0.2) is 0 Å². The van der Waals surface area contributed by atoms with Crippen molar-refractivity contribution in [1.29, 1.82) is 0 Å². The normalized spacial score (nSPS) is 10.6. The van der Waals surface area contributed by atoms with E-state index in [1.807, 2.05) is 50.2 Å². The van der Waals surface area contributed by atoms with Crippen LogP contribution in [0.15, 0.2) is 48.5 Å². The van der Waals surface area contributed by atoms with Crippen LogP contribution < -0.4 is 5.32 Å². The Morgan fingerprint density at radius 3 is 2.71 bits per heavy atom.